The van der Waals surface area contributed by atoms with Gasteiger partial charge in [-0.1, -0.05) is 12.1 Å². The number of primary sulfonamides is 1. The fourth-order valence-electron chi connectivity index (χ4n) is 14.8. The Balaban J connectivity index is 0.000000135. The Morgan fingerprint density at radius 2 is 0.771 bits per heavy atom. The molecule has 0 atom stereocenters. The minimum absolute atomic E-state index is 0.0566. The summed E-state index contributed by atoms with van der Waals surface area (Å²) in [6.45, 7) is 11.5. The normalized spacial score (nSPS) is 22.3. The van der Waals surface area contributed by atoms with E-state index in [2.05, 4.69) is 26.6 Å². The number of methoxy groups -OCH3 is 3. The van der Waals surface area contributed by atoms with Gasteiger partial charge in [0.05, 0.1) is 81.9 Å². The maximum Gasteiger partial charge on any atom is 0.321 e. The molecule has 10 heterocycles. The van der Waals surface area contributed by atoms with Crippen molar-refractivity contribution in [3.05, 3.63) is 127 Å². The second-order valence-corrected chi connectivity index (χ2v) is 40.0. The van der Waals surface area contributed by atoms with Crippen LogP contribution < -0.4 is 45.9 Å². The van der Waals surface area contributed by atoms with E-state index in [9.17, 15) is 60.1 Å². The van der Waals surface area contributed by atoms with E-state index in [4.69, 9.17) is 38.3 Å². The van der Waals surface area contributed by atoms with Gasteiger partial charge in [-0.25, -0.2) is 55.6 Å². The SMILES string of the molecule is CC(=O)c1ccc(S(=O)(=O)N2CCC3(CC2)NCC(=O)O3)cc1.COc1ccc(S(=O)(=O)N2CCC3(CC2)NCCO3)cc1.COc1ccc(S(=O)(=O)N2CCOC23CCNCC3)cc1.COc1ccc(S(=O)(=O)N2CCSC23CCNCC3)cc1.NS(=O)(=O)c1ccc(S(=O)(=O)N2CCC3(CC2)NCCO3)cc1. The molecule has 10 aliphatic heterocycles. The molecule has 10 saturated heterocycles. The van der Waals surface area contributed by atoms with E-state index in [1.54, 1.807) is 110 Å². The topological polar surface area (TPSA) is 406 Å². The molecular formula is C70H97N11O21S7. The molecule has 0 aromatic heterocycles. The number of piperidine rings is 5. The van der Waals surface area contributed by atoms with Crippen molar-refractivity contribution in [1.29, 1.82) is 0 Å². The third kappa shape index (κ3) is 19.2. The van der Waals surface area contributed by atoms with Gasteiger partial charge in [-0.2, -0.15) is 21.5 Å². The zero-order valence-electron chi connectivity index (χ0n) is 61.3. The number of thioether (sulfide) groups is 1. The van der Waals surface area contributed by atoms with Gasteiger partial charge in [-0.05, 0) is 155 Å². The Morgan fingerprint density at radius 1 is 0.413 bits per heavy atom. The largest absolute Gasteiger partial charge is 0.497 e. The molecule has 32 nitrogen and oxygen atoms in total. The van der Waals surface area contributed by atoms with E-state index >= 15 is 0 Å². The Bertz CT molecular complexity index is 4550. The summed E-state index contributed by atoms with van der Waals surface area (Å²) in [6, 6.07) is 30.5. The first-order valence-corrected chi connectivity index (χ1v) is 45.7. The van der Waals surface area contributed by atoms with Gasteiger partial charge in [0.1, 0.15) is 34.4 Å². The van der Waals surface area contributed by atoms with Crippen LogP contribution in [0.15, 0.2) is 151 Å². The Labute approximate surface area is 643 Å². The molecule has 0 unspecified atom stereocenters. The molecule has 5 aromatic rings. The van der Waals surface area contributed by atoms with Gasteiger partial charge in [0.15, 0.2) is 11.5 Å². The Morgan fingerprint density at radius 3 is 1.13 bits per heavy atom. The number of carbonyl (C=O) groups excluding carboxylic acids is 2. The number of esters is 1. The number of Topliss-reactive ketones (excluding diaryl/α,β-unsaturated/α-hetero) is 1. The number of hydrogen-bond acceptors (Lipinski definition) is 27. The molecule has 15 rings (SSSR count). The van der Waals surface area contributed by atoms with Gasteiger partial charge in [0.2, 0.25) is 60.1 Å². The van der Waals surface area contributed by atoms with Gasteiger partial charge in [0, 0.05) is 128 Å². The third-order valence-corrected chi connectivity index (χ3v) is 33.3. The highest BCUT2D eigenvalue weighted by Gasteiger charge is 2.52. The summed E-state index contributed by atoms with van der Waals surface area (Å²) < 4.78 is 195. The molecule has 0 aliphatic carbocycles. The minimum atomic E-state index is -3.84. The van der Waals surface area contributed by atoms with E-state index in [1.165, 1.54) is 72.7 Å². The van der Waals surface area contributed by atoms with Crippen molar-refractivity contribution in [2.24, 2.45) is 5.14 Å². The van der Waals surface area contributed by atoms with E-state index in [0.29, 0.717) is 143 Å². The molecule has 5 spiro atoms. The molecule has 10 aliphatic rings. The first-order valence-electron chi connectivity index (χ1n) is 35.9. The molecule has 10 fully saturated rings. The summed E-state index contributed by atoms with van der Waals surface area (Å²) in [4.78, 5) is 23.3. The van der Waals surface area contributed by atoms with Crippen LogP contribution in [-0.4, -0.2) is 257 Å². The number of sulfonamides is 6. The predicted molar refractivity (Wildman–Crippen MR) is 403 cm³/mol. The second-order valence-electron chi connectivity index (χ2n) is 27.4. The maximum absolute atomic E-state index is 13.0. The highest BCUT2D eigenvalue weighted by atomic mass is 32.2. The van der Waals surface area contributed by atoms with Crippen LogP contribution in [-0.2, 0) is 83.9 Å². The van der Waals surface area contributed by atoms with Crippen LogP contribution in [0.3, 0.4) is 0 Å². The second kappa shape index (κ2) is 34.8. The van der Waals surface area contributed by atoms with E-state index in [1.807, 2.05) is 0 Å². The van der Waals surface area contributed by atoms with E-state index in [-0.39, 0.29) is 61.6 Å². The summed E-state index contributed by atoms with van der Waals surface area (Å²) in [5.41, 5.74) is -1.63. The van der Waals surface area contributed by atoms with Crippen molar-refractivity contribution >= 4 is 83.7 Å². The van der Waals surface area contributed by atoms with Crippen molar-refractivity contribution in [2.45, 2.75) is 128 Å². The van der Waals surface area contributed by atoms with Crippen LogP contribution in [0.1, 0.15) is 81.5 Å². The minimum Gasteiger partial charge on any atom is -0.497 e. The zero-order chi connectivity index (χ0) is 78.2. The lowest BCUT2D eigenvalue weighted by Crippen LogP contribution is -2.53. The summed E-state index contributed by atoms with van der Waals surface area (Å²) >= 11 is 1.79. The number of nitrogens with two attached hydrogens (primary N) is 1. The molecule has 5 aromatic carbocycles. The van der Waals surface area contributed by atoms with Crippen LogP contribution in [0.5, 0.6) is 17.2 Å². The Kier molecular flexibility index (Phi) is 26.9. The van der Waals surface area contributed by atoms with Crippen LogP contribution in [0, 0.1) is 0 Å². The molecule has 0 bridgehead atoms. The lowest BCUT2D eigenvalue weighted by Gasteiger charge is -2.39. The number of hydrogen-bond donors (Lipinski definition) is 6. The molecule has 7 N–H and O–H groups in total. The van der Waals surface area contributed by atoms with Crippen LogP contribution in [0.2, 0.25) is 0 Å². The first-order chi connectivity index (χ1) is 51.8. The third-order valence-electron chi connectivity index (χ3n) is 21.0. The fraction of sp³-hybridized carbons (Fsp3) is 0.543. The highest BCUT2D eigenvalue weighted by molar-refractivity contribution is 8.02. The van der Waals surface area contributed by atoms with Crippen molar-refractivity contribution in [2.75, 3.05) is 145 Å². The summed E-state index contributed by atoms with van der Waals surface area (Å²) in [5, 5.41) is 21.2. The van der Waals surface area contributed by atoms with Gasteiger partial charge >= 0.3 is 5.97 Å². The van der Waals surface area contributed by atoms with Crippen molar-refractivity contribution in [3.8, 4) is 17.2 Å². The zero-order valence-corrected chi connectivity index (χ0v) is 67.0. The molecular weight excluding hydrogens is 1560 g/mol. The van der Waals surface area contributed by atoms with E-state index in [0.717, 1.165) is 57.9 Å². The van der Waals surface area contributed by atoms with E-state index < -0.39 is 77.3 Å². The van der Waals surface area contributed by atoms with Gasteiger partial charge in [-0.3, -0.25) is 25.5 Å². The standard InChI is InChI=1S/C15H18N2O5S.2C14H20N2O4S.C14H20N2O3S2.C13H19N3O5S2/c1-11(18)12-2-4-13(5-3-12)23(20,21)17-8-6-15(7-9-17)16-10-14(19)22-15;1-19-12-2-4-13(5-3-12)21(17,18)16-9-6-14(7-10-16)15-8-11-20-14;2*1-19-12-2-4-13(5-3-12)21(17,18)16-10-11-20-14(16)6-8-15-9-7-14;14-22(17,18)11-1-3-12(4-2-11)23(19,20)16-8-5-13(6-9-16)15-7-10-21-13/h2-5,16H,6-10H2,1H3;3*2-5,15H,6-11H2,1H3;1-4,15H,5-10H2,(H2,14,17,18). The lowest BCUT2D eigenvalue weighted by molar-refractivity contribution is -0.151. The molecule has 0 radical (unpaired) electrons. The maximum atomic E-state index is 13.0. The monoisotopic (exact) mass is 1650 g/mol. The van der Waals surface area contributed by atoms with Crippen molar-refractivity contribution < 1.29 is 93.3 Å². The van der Waals surface area contributed by atoms with Crippen LogP contribution in [0.25, 0.3) is 0 Å². The van der Waals surface area contributed by atoms with Gasteiger partial charge in [-0.15, -0.1) is 11.8 Å². The van der Waals surface area contributed by atoms with Crippen LogP contribution in [0.4, 0.5) is 0 Å². The first kappa shape index (κ1) is 84.0. The summed E-state index contributed by atoms with van der Waals surface area (Å²) in [7, 11) is -16.8. The molecule has 109 heavy (non-hydrogen) atoms. The molecule has 600 valence electrons. The fourth-order valence-corrected chi connectivity index (χ4v) is 25.0. The van der Waals surface area contributed by atoms with Gasteiger partial charge in [0.25, 0.3) is 0 Å². The number of ether oxygens (including phenoxy) is 7. The smallest absolute Gasteiger partial charge is 0.321 e. The average Bonchev–Trinajstić information content (AvgIpc) is 1.60. The molecule has 39 heteroatoms. The number of carbonyl (C=O) groups is 2. The number of ketones is 1. The lowest BCUT2D eigenvalue weighted by atomic mass is 10.0. The van der Waals surface area contributed by atoms with Crippen molar-refractivity contribution in [3.63, 3.8) is 0 Å². The number of nitrogens with zero attached hydrogens (tertiary/aromatic N) is 5. The number of benzene rings is 5. The number of nitrogens with one attached hydrogen (secondary N) is 5. The molecule has 0 saturated carbocycles. The van der Waals surface area contributed by atoms with Gasteiger partial charge < -0.3 is 43.8 Å². The predicted octanol–water partition coefficient (Wildman–Crippen LogP) is 3.06. The summed E-state index contributed by atoms with van der Waals surface area (Å²) in [5.74, 6) is 2.42. The highest BCUT2D eigenvalue weighted by Crippen LogP contribution is 2.46. The Hall–Kier alpha value is -5.87. The summed E-state index contributed by atoms with van der Waals surface area (Å²) in [6.07, 6.45) is 6.48. The van der Waals surface area contributed by atoms with Crippen molar-refractivity contribution in [1.82, 2.24) is 48.1 Å². The molecule has 0 amide bonds. The number of rotatable bonds is 15. The van der Waals surface area contributed by atoms with Crippen LogP contribution >= 0.6 is 11.8 Å². The average molecular weight is 1650 g/mol. The quantitative estimate of drug-likeness (QED) is 0.0648.